The number of carbonyl (C=O) groups is 1. The third-order valence-corrected chi connectivity index (χ3v) is 2.13. The molecule has 0 aromatic heterocycles. The quantitative estimate of drug-likeness (QED) is 0.715. The largest absolute Gasteiger partial charge is 0.487 e. The van der Waals surface area contributed by atoms with Crippen molar-refractivity contribution in [3.05, 3.63) is 23.8 Å². The Balaban J connectivity index is 2.43. The van der Waals surface area contributed by atoms with Gasteiger partial charge in [-0.3, -0.25) is 0 Å². The highest BCUT2D eigenvalue weighted by molar-refractivity contribution is 5.93. The van der Waals surface area contributed by atoms with E-state index in [0.717, 1.165) is 0 Å². The lowest BCUT2D eigenvalue weighted by atomic mass is 10.1. The number of benzene rings is 1. The van der Waals surface area contributed by atoms with Gasteiger partial charge in [0.1, 0.15) is 18.2 Å². The van der Waals surface area contributed by atoms with E-state index < -0.39 is 12.0 Å². The third-order valence-electron chi connectivity index (χ3n) is 2.13. The molecule has 0 bridgehead atoms. The Hall–Kier alpha value is -2.22. The number of ether oxygens (including phenoxy) is 1. The minimum absolute atomic E-state index is 0.108. The average molecular weight is 204 g/mol. The molecule has 0 amide bonds. The molecule has 1 atom stereocenters. The predicted octanol–water partition coefficient (Wildman–Crippen LogP) is 1.08. The number of carboxylic acid groups (broad SMARTS) is 1. The van der Waals surface area contributed by atoms with Gasteiger partial charge in [-0.2, -0.15) is 5.26 Å². The summed E-state index contributed by atoms with van der Waals surface area (Å²) < 4.78 is 5.25. The molecule has 1 heterocycles. The Morgan fingerprint density at radius 3 is 3.13 bits per heavy atom. The topological polar surface area (TPSA) is 82.3 Å². The lowest BCUT2D eigenvalue weighted by Gasteiger charge is -2.23. The van der Waals surface area contributed by atoms with Crippen molar-refractivity contribution in [1.82, 2.24) is 0 Å². The first kappa shape index (κ1) is 9.34. The van der Waals surface area contributed by atoms with Crippen LogP contribution in [0, 0.1) is 11.3 Å². The van der Waals surface area contributed by atoms with Crippen LogP contribution in [0.2, 0.25) is 0 Å². The van der Waals surface area contributed by atoms with Gasteiger partial charge in [0.05, 0.1) is 11.8 Å². The van der Waals surface area contributed by atoms with Crippen molar-refractivity contribution in [2.24, 2.45) is 0 Å². The number of nitriles is 1. The number of carboxylic acids is 1. The zero-order chi connectivity index (χ0) is 10.8. The van der Waals surface area contributed by atoms with Crippen LogP contribution >= 0.6 is 0 Å². The molecule has 0 saturated heterocycles. The van der Waals surface area contributed by atoms with E-state index in [4.69, 9.17) is 15.1 Å². The SMILES string of the molecule is N#CC1COc2c(cccc2C(=O)O)N1. The Bertz CT molecular complexity index is 450. The Kier molecular flexibility index (Phi) is 2.18. The maximum atomic E-state index is 10.9. The molecule has 1 unspecified atom stereocenters. The average Bonchev–Trinajstić information content (AvgIpc) is 2.27. The minimum atomic E-state index is -1.04. The highest BCUT2D eigenvalue weighted by Crippen LogP contribution is 2.32. The summed E-state index contributed by atoms with van der Waals surface area (Å²) >= 11 is 0. The molecule has 76 valence electrons. The van der Waals surface area contributed by atoms with Crippen molar-refractivity contribution in [3.63, 3.8) is 0 Å². The number of fused-ring (bicyclic) bond motifs is 1. The Morgan fingerprint density at radius 2 is 2.47 bits per heavy atom. The smallest absolute Gasteiger partial charge is 0.339 e. The van der Waals surface area contributed by atoms with Gasteiger partial charge in [-0.05, 0) is 12.1 Å². The number of hydrogen-bond acceptors (Lipinski definition) is 4. The van der Waals surface area contributed by atoms with Gasteiger partial charge in [-0.15, -0.1) is 0 Å². The molecule has 0 radical (unpaired) electrons. The second kappa shape index (κ2) is 3.50. The maximum absolute atomic E-state index is 10.9. The fraction of sp³-hybridized carbons (Fsp3) is 0.200. The normalized spacial score (nSPS) is 17.9. The summed E-state index contributed by atoms with van der Waals surface area (Å²) in [5.74, 6) is -0.736. The molecule has 2 N–H and O–H groups in total. The van der Waals surface area contributed by atoms with E-state index in [0.29, 0.717) is 11.4 Å². The van der Waals surface area contributed by atoms with Crippen LogP contribution in [0.3, 0.4) is 0 Å². The molecule has 2 rings (SSSR count). The summed E-state index contributed by atoms with van der Waals surface area (Å²) in [5.41, 5.74) is 0.657. The van der Waals surface area contributed by atoms with Crippen LogP contribution in [-0.2, 0) is 0 Å². The first-order chi connectivity index (χ1) is 7.22. The fourth-order valence-corrected chi connectivity index (χ4v) is 1.44. The first-order valence-electron chi connectivity index (χ1n) is 4.37. The van der Waals surface area contributed by atoms with Crippen LogP contribution in [0.1, 0.15) is 10.4 Å². The van der Waals surface area contributed by atoms with Gasteiger partial charge in [0.2, 0.25) is 0 Å². The van der Waals surface area contributed by atoms with Gasteiger partial charge in [-0.25, -0.2) is 4.79 Å². The first-order valence-corrected chi connectivity index (χ1v) is 4.37. The van der Waals surface area contributed by atoms with E-state index in [9.17, 15) is 4.79 Å². The molecule has 1 aliphatic heterocycles. The molecule has 1 aromatic carbocycles. The van der Waals surface area contributed by atoms with Gasteiger partial charge in [-0.1, -0.05) is 6.07 Å². The summed E-state index contributed by atoms with van der Waals surface area (Å²) in [6.45, 7) is 0.161. The van der Waals surface area contributed by atoms with E-state index in [1.165, 1.54) is 6.07 Å². The molecule has 0 aliphatic carbocycles. The second-order valence-electron chi connectivity index (χ2n) is 3.12. The number of nitrogens with zero attached hydrogens (tertiary/aromatic N) is 1. The maximum Gasteiger partial charge on any atom is 0.339 e. The number of rotatable bonds is 1. The zero-order valence-electron chi connectivity index (χ0n) is 7.73. The molecule has 15 heavy (non-hydrogen) atoms. The highest BCUT2D eigenvalue weighted by atomic mass is 16.5. The monoisotopic (exact) mass is 204 g/mol. The summed E-state index contributed by atoms with van der Waals surface area (Å²) in [5, 5.41) is 20.5. The van der Waals surface area contributed by atoms with E-state index in [1.54, 1.807) is 12.1 Å². The van der Waals surface area contributed by atoms with E-state index >= 15 is 0 Å². The van der Waals surface area contributed by atoms with Crippen LogP contribution in [0.25, 0.3) is 0 Å². The molecular formula is C10H8N2O3. The summed E-state index contributed by atoms with van der Waals surface area (Å²) in [7, 11) is 0. The number of para-hydroxylation sites is 1. The fourth-order valence-electron chi connectivity index (χ4n) is 1.44. The highest BCUT2D eigenvalue weighted by Gasteiger charge is 2.23. The predicted molar refractivity (Wildman–Crippen MR) is 51.9 cm³/mol. The molecule has 1 aliphatic rings. The van der Waals surface area contributed by atoms with Crippen molar-refractivity contribution in [3.8, 4) is 11.8 Å². The van der Waals surface area contributed by atoms with E-state index in [-0.39, 0.29) is 12.2 Å². The summed E-state index contributed by atoms with van der Waals surface area (Å²) in [6.07, 6.45) is 0. The summed E-state index contributed by atoms with van der Waals surface area (Å²) in [4.78, 5) is 10.9. The molecule has 0 saturated carbocycles. The van der Waals surface area contributed by atoms with Gasteiger partial charge < -0.3 is 15.2 Å². The number of aromatic carboxylic acids is 1. The molecule has 0 spiro atoms. The van der Waals surface area contributed by atoms with Crippen molar-refractivity contribution in [2.45, 2.75) is 6.04 Å². The van der Waals surface area contributed by atoms with Crippen LogP contribution < -0.4 is 10.1 Å². The van der Waals surface area contributed by atoms with Crippen LogP contribution in [-0.4, -0.2) is 23.7 Å². The molecule has 0 fully saturated rings. The van der Waals surface area contributed by atoms with Gasteiger partial charge in [0.25, 0.3) is 0 Å². The van der Waals surface area contributed by atoms with Gasteiger partial charge in [0, 0.05) is 0 Å². The Morgan fingerprint density at radius 1 is 1.67 bits per heavy atom. The number of nitrogens with one attached hydrogen (secondary N) is 1. The summed E-state index contributed by atoms with van der Waals surface area (Å²) in [6, 6.07) is 6.34. The lowest BCUT2D eigenvalue weighted by Crippen LogP contribution is -2.30. The number of hydrogen-bond donors (Lipinski definition) is 2. The van der Waals surface area contributed by atoms with Gasteiger partial charge in [0.15, 0.2) is 5.75 Å². The van der Waals surface area contributed by atoms with Crippen molar-refractivity contribution in [1.29, 1.82) is 5.26 Å². The molecule has 1 aromatic rings. The van der Waals surface area contributed by atoms with Crippen molar-refractivity contribution in [2.75, 3.05) is 11.9 Å². The lowest BCUT2D eigenvalue weighted by molar-refractivity contribution is 0.0692. The van der Waals surface area contributed by atoms with Crippen LogP contribution in [0.5, 0.6) is 5.75 Å². The van der Waals surface area contributed by atoms with Crippen molar-refractivity contribution < 1.29 is 14.6 Å². The van der Waals surface area contributed by atoms with E-state index in [1.807, 2.05) is 6.07 Å². The molecular weight excluding hydrogens is 196 g/mol. The standard InChI is InChI=1S/C10H8N2O3/c11-4-6-5-15-9-7(10(13)14)2-1-3-8(9)12-6/h1-3,6,12H,5H2,(H,13,14). The van der Waals surface area contributed by atoms with E-state index in [2.05, 4.69) is 5.32 Å². The van der Waals surface area contributed by atoms with Crippen LogP contribution in [0.15, 0.2) is 18.2 Å². The molecule has 5 heteroatoms. The second-order valence-corrected chi connectivity index (χ2v) is 3.12. The minimum Gasteiger partial charge on any atom is -0.487 e. The Labute approximate surface area is 85.9 Å². The third kappa shape index (κ3) is 1.57. The molecule has 5 nitrogen and oxygen atoms in total. The van der Waals surface area contributed by atoms with Gasteiger partial charge >= 0.3 is 5.97 Å². The number of anilines is 1. The zero-order valence-corrected chi connectivity index (χ0v) is 7.73. The van der Waals surface area contributed by atoms with Crippen molar-refractivity contribution >= 4 is 11.7 Å². The van der Waals surface area contributed by atoms with Crippen LogP contribution in [0.4, 0.5) is 5.69 Å².